The molecule has 38 valence electrons. The van der Waals surface area contributed by atoms with Crippen LogP contribution in [0.15, 0.2) is 30.6 Å². The Morgan fingerprint density at radius 3 is 1.57 bits per heavy atom. The van der Waals surface area contributed by atoms with Gasteiger partial charge < -0.3 is 12.4 Å². The third-order valence-corrected chi connectivity index (χ3v) is 0.566. The van der Waals surface area contributed by atoms with E-state index in [0.717, 1.165) is 0 Å². The van der Waals surface area contributed by atoms with Gasteiger partial charge in [0.1, 0.15) is 0 Å². The zero-order chi connectivity index (χ0) is 4.24. The first-order valence-corrected chi connectivity index (χ1v) is 1.85. The molecule has 0 unspecified atom stereocenters. The molecule has 0 saturated heterocycles. The van der Waals surface area contributed by atoms with Crippen LogP contribution in [0.1, 0.15) is 0 Å². The Kier molecular flexibility index (Phi) is 3.33. The van der Waals surface area contributed by atoms with Crippen LogP contribution in [0.3, 0.4) is 0 Å². The van der Waals surface area contributed by atoms with E-state index < -0.39 is 0 Å². The molecule has 1 heterocycles. The molecule has 1 nitrogen and oxygen atoms in total. The molecule has 0 atom stereocenters. The number of halogens is 1. The van der Waals surface area contributed by atoms with Crippen molar-refractivity contribution in [3.63, 3.8) is 0 Å². The summed E-state index contributed by atoms with van der Waals surface area (Å²) in [5.74, 6) is 0. The minimum atomic E-state index is 0. The van der Waals surface area contributed by atoms with E-state index in [9.17, 15) is 0 Å². The molecule has 2 heteroatoms. The van der Waals surface area contributed by atoms with E-state index in [4.69, 9.17) is 0 Å². The Morgan fingerprint density at radius 1 is 0.857 bits per heavy atom. The lowest BCUT2D eigenvalue weighted by Gasteiger charge is -1.70. The maximum absolute atomic E-state index is 3.78. The largest absolute Gasteiger partial charge is 1.00 e. The van der Waals surface area contributed by atoms with Crippen LogP contribution in [0, 0.1) is 0 Å². The summed E-state index contributed by atoms with van der Waals surface area (Å²) in [5, 5.41) is 0. The minimum absolute atomic E-state index is 0. The van der Waals surface area contributed by atoms with E-state index >= 15 is 0 Å². The summed E-state index contributed by atoms with van der Waals surface area (Å²) in [6, 6.07) is 5.72. The van der Waals surface area contributed by atoms with Crippen molar-refractivity contribution in [2.24, 2.45) is 0 Å². The van der Waals surface area contributed by atoms with Gasteiger partial charge in [0.15, 0.2) is 0 Å². The second-order valence-corrected chi connectivity index (χ2v) is 1.02. The number of hydrogen-bond donors (Lipinski definition) is 0. The average molecular weight is 115 g/mol. The van der Waals surface area contributed by atoms with Crippen LogP contribution >= 0.6 is 0 Å². The summed E-state index contributed by atoms with van der Waals surface area (Å²) < 4.78 is 0. The topological polar surface area (TPSA) is 12.9 Å². The molecule has 0 radical (unpaired) electrons. The molecule has 1 rings (SSSR count). The van der Waals surface area contributed by atoms with Crippen molar-refractivity contribution in [3.8, 4) is 0 Å². The van der Waals surface area contributed by atoms with E-state index in [1.54, 1.807) is 12.4 Å². The fourth-order valence-electron chi connectivity index (χ4n) is 0.313. The van der Waals surface area contributed by atoms with Gasteiger partial charge in [-0.15, -0.1) is 0 Å². The van der Waals surface area contributed by atoms with Crippen LogP contribution in [0.25, 0.3) is 0 Å². The predicted octanol–water partition coefficient (Wildman–Crippen LogP) is -1.91. The summed E-state index contributed by atoms with van der Waals surface area (Å²) >= 11 is 0. The van der Waals surface area contributed by atoms with E-state index in [0.29, 0.717) is 0 Å². The quantitative estimate of drug-likeness (QED) is 0.384. The van der Waals surface area contributed by atoms with Gasteiger partial charge in [0.05, 0.1) is 0 Å². The lowest BCUT2D eigenvalue weighted by atomic mass is 10.5. The molecule has 0 fully saturated rings. The van der Waals surface area contributed by atoms with Gasteiger partial charge >= 0.3 is 0 Å². The first kappa shape index (κ1) is 6.44. The zero-order valence-electron chi connectivity index (χ0n) is 3.71. The second kappa shape index (κ2) is 3.62. The van der Waals surface area contributed by atoms with Crippen LogP contribution in [-0.4, -0.2) is 4.98 Å². The highest BCUT2D eigenvalue weighted by molar-refractivity contribution is 4.88. The van der Waals surface area contributed by atoms with Crippen molar-refractivity contribution in [1.29, 1.82) is 0 Å². The van der Waals surface area contributed by atoms with Crippen LogP contribution in [0.4, 0.5) is 0 Å². The van der Waals surface area contributed by atoms with E-state index in [1.807, 2.05) is 18.2 Å². The van der Waals surface area contributed by atoms with Crippen LogP contribution in [0.5, 0.6) is 0 Å². The Bertz CT molecular complexity index is 80.0. The monoisotopic (exact) mass is 114 g/mol. The molecule has 0 saturated carbocycles. The lowest BCUT2D eigenvalue weighted by molar-refractivity contribution is -0.00000128. The minimum Gasteiger partial charge on any atom is -1.00 e. The fraction of sp³-hybridized carbons (Fsp3) is 0. The van der Waals surface area contributed by atoms with Gasteiger partial charge in [-0.1, -0.05) is 6.07 Å². The molecule has 0 aliphatic rings. The van der Waals surface area contributed by atoms with Crippen molar-refractivity contribution in [2.45, 2.75) is 0 Å². The highest BCUT2D eigenvalue weighted by atomic mass is 35.5. The number of hydrogen-bond acceptors (Lipinski definition) is 1. The van der Waals surface area contributed by atoms with Gasteiger partial charge in [-0.3, -0.25) is 4.98 Å². The second-order valence-electron chi connectivity index (χ2n) is 1.02. The van der Waals surface area contributed by atoms with E-state index in [1.165, 1.54) is 0 Å². The van der Waals surface area contributed by atoms with Crippen LogP contribution < -0.4 is 12.4 Å². The summed E-state index contributed by atoms with van der Waals surface area (Å²) in [4.78, 5) is 3.78. The molecular weight excluding hydrogens is 110 g/mol. The zero-order valence-corrected chi connectivity index (χ0v) is 4.47. The van der Waals surface area contributed by atoms with Gasteiger partial charge in [0.2, 0.25) is 0 Å². The van der Waals surface area contributed by atoms with Crippen LogP contribution in [0.2, 0.25) is 0 Å². The van der Waals surface area contributed by atoms with Gasteiger partial charge in [-0.25, -0.2) is 0 Å². The number of rotatable bonds is 0. The highest BCUT2D eigenvalue weighted by Gasteiger charge is 1.58. The van der Waals surface area contributed by atoms with Gasteiger partial charge in [0, 0.05) is 12.4 Å². The van der Waals surface area contributed by atoms with Gasteiger partial charge in [0.25, 0.3) is 0 Å². The van der Waals surface area contributed by atoms with Crippen LogP contribution in [-0.2, 0) is 0 Å². The van der Waals surface area contributed by atoms with Crippen molar-refractivity contribution in [3.05, 3.63) is 30.6 Å². The first-order chi connectivity index (χ1) is 3.00. The molecule has 7 heavy (non-hydrogen) atoms. The van der Waals surface area contributed by atoms with Gasteiger partial charge in [-0.05, 0) is 12.1 Å². The SMILES string of the molecule is [Cl-].c1ccncc1. The Morgan fingerprint density at radius 2 is 1.43 bits per heavy atom. The fourth-order valence-corrected chi connectivity index (χ4v) is 0.313. The normalized spacial score (nSPS) is 6.86. The van der Waals surface area contributed by atoms with Crippen molar-refractivity contribution >= 4 is 0 Å². The summed E-state index contributed by atoms with van der Waals surface area (Å²) in [7, 11) is 0. The predicted molar refractivity (Wildman–Crippen MR) is 24.2 cm³/mol. The summed E-state index contributed by atoms with van der Waals surface area (Å²) in [5.41, 5.74) is 0. The Hall–Kier alpha value is -0.560. The first-order valence-electron chi connectivity index (χ1n) is 1.85. The lowest BCUT2D eigenvalue weighted by Crippen LogP contribution is -3.00. The van der Waals surface area contributed by atoms with Crippen molar-refractivity contribution < 1.29 is 12.4 Å². The molecule has 0 aliphatic carbocycles. The molecule has 0 N–H and O–H groups in total. The summed E-state index contributed by atoms with van der Waals surface area (Å²) in [6.45, 7) is 0. The maximum Gasteiger partial charge on any atom is 0.0267 e. The van der Waals surface area contributed by atoms with Gasteiger partial charge in [-0.2, -0.15) is 0 Å². The molecule has 0 spiro atoms. The molecule has 1 aromatic heterocycles. The Balaban J connectivity index is 0.000000360. The molecule has 0 amide bonds. The smallest absolute Gasteiger partial charge is 0.0267 e. The standard InChI is InChI=1S/C5H5N.ClH/c1-2-4-6-5-3-1;/h1-5H;1H/p-1. The number of pyridine rings is 1. The molecule has 0 aliphatic heterocycles. The highest BCUT2D eigenvalue weighted by Crippen LogP contribution is 1.73. The molecule has 0 aromatic carbocycles. The van der Waals surface area contributed by atoms with Crippen molar-refractivity contribution in [1.82, 2.24) is 4.98 Å². The maximum atomic E-state index is 3.78. The average Bonchev–Trinajstić information content (AvgIpc) is 1.72. The van der Waals surface area contributed by atoms with E-state index in [-0.39, 0.29) is 12.4 Å². The third-order valence-electron chi connectivity index (χ3n) is 0.566. The van der Waals surface area contributed by atoms with E-state index in [2.05, 4.69) is 4.98 Å². The number of aromatic nitrogens is 1. The molecule has 0 bridgehead atoms. The third kappa shape index (κ3) is 2.18. The number of nitrogens with zero attached hydrogens (tertiary/aromatic N) is 1. The summed E-state index contributed by atoms with van der Waals surface area (Å²) in [6.07, 6.45) is 3.50. The van der Waals surface area contributed by atoms with Crippen molar-refractivity contribution in [2.75, 3.05) is 0 Å². The molecular formula is C5H5ClN-. The Labute approximate surface area is 48.8 Å². The molecule has 1 aromatic rings.